The number of nitrogens with zero attached hydrogens (tertiary/aromatic N) is 4. The monoisotopic (exact) mass is 336 g/mol. The van der Waals surface area contributed by atoms with Gasteiger partial charge in [0.05, 0.1) is 22.0 Å². The van der Waals surface area contributed by atoms with Crippen molar-refractivity contribution in [2.45, 2.75) is 19.8 Å². The number of rotatable bonds is 5. The van der Waals surface area contributed by atoms with E-state index in [-0.39, 0.29) is 11.2 Å². The summed E-state index contributed by atoms with van der Waals surface area (Å²) in [5.41, 5.74) is 1.09. The third-order valence-corrected chi connectivity index (χ3v) is 3.72. The zero-order valence-corrected chi connectivity index (χ0v) is 13.6. The Bertz CT molecular complexity index is 1010. The predicted octanol–water partition coefficient (Wildman–Crippen LogP) is 3.14. The van der Waals surface area contributed by atoms with E-state index in [1.807, 2.05) is 13.0 Å². The molecule has 1 aromatic heterocycles. The van der Waals surface area contributed by atoms with E-state index in [0.29, 0.717) is 28.7 Å². The number of para-hydroxylation sites is 1. The molecule has 0 aliphatic carbocycles. The van der Waals surface area contributed by atoms with Gasteiger partial charge >= 0.3 is 0 Å². The molecule has 0 atom stereocenters. The van der Waals surface area contributed by atoms with Crippen LogP contribution in [0.15, 0.2) is 58.4 Å². The second-order valence-electron chi connectivity index (χ2n) is 5.51. The SMILES string of the molecule is CCCc1nc2ccccc2c(=O)n1/N=C/c1ccc([N+](=O)[O-])cc1. The first-order valence-corrected chi connectivity index (χ1v) is 7.89. The zero-order valence-electron chi connectivity index (χ0n) is 13.6. The molecule has 0 radical (unpaired) electrons. The number of hydrogen-bond acceptors (Lipinski definition) is 5. The van der Waals surface area contributed by atoms with Gasteiger partial charge in [0.2, 0.25) is 0 Å². The highest BCUT2D eigenvalue weighted by molar-refractivity contribution is 5.80. The summed E-state index contributed by atoms with van der Waals surface area (Å²) in [6.45, 7) is 2.01. The molecule has 0 aliphatic heterocycles. The number of hydrogen-bond donors (Lipinski definition) is 0. The number of aromatic nitrogens is 2. The molecule has 0 N–H and O–H groups in total. The Morgan fingerprint density at radius 1 is 1.20 bits per heavy atom. The Morgan fingerprint density at radius 2 is 1.92 bits per heavy atom. The molecule has 0 bridgehead atoms. The molecule has 0 spiro atoms. The van der Waals surface area contributed by atoms with Gasteiger partial charge < -0.3 is 0 Å². The lowest BCUT2D eigenvalue weighted by Gasteiger charge is -2.08. The molecule has 1 heterocycles. The highest BCUT2D eigenvalue weighted by Gasteiger charge is 2.09. The van der Waals surface area contributed by atoms with Gasteiger partial charge in [-0.2, -0.15) is 9.78 Å². The highest BCUT2D eigenvalue weighted by atomic mass is 16.6. The van der Waals surface area contributed by atoms with Gasteiger partial charge in [0.1, 0.15) is 5.82 Å². The van der Waals surface area contributed by atoms with E-state index in [1.54, 1.807) is 30.3 Å². The fourth-order valence-electron chi connectivity index (χ4n) is 2.48. The van der Waals surface area contributed by atoms with Crippen LogP contribution < -0.4 is 5.56 Å². The van der Waals surface area contributed by atoms with Crippen molar-refractivity contribution in [1.29, 1.82) is 0 Å². The second kappa shape index (κ2) is 7.04. The van der Waals surface area contributed by atoms with Crippen LogP contribution in [0.25, 0.3) is 10.9 Å². The molecule has 0 amide bonds. The Labute approximate surface area is 143 Å². The topological polar surface area (TPSA) is 90.4 Å². The van der Waals surface area contributed by atoms with E-state index < -0.39 is 4.92 Å². The summed E-state index contributed by atoms with van der Waals surface area (Å²) in [4.78, 5) is 27.5. The molecule has 7 nitrogen and oxygen atoms in total. The van der Waals surface area contributed by atoms with Crippen LogP contribution in [0, 0.1) is 10.1 Å². The number of aryl methyl sites for hydroxylation is 1. The molecule has 126 valence electrons. The third-order valence-electron chi connectivity index (χ3n) is 3.72. The van der Waals surface area contributed by atoms with Gasteiger partial charge in [-0.25, -0.2) is 4.98 Å². The normalized spacial score (nSPS) is 11.2. The Kier molecular flexibility index (Phi) is 4.65. The van der Waals surface area contributed by atoms with Gasteiger partial charge in [-0.3, -0.25) is 14.9 Å². The van der Waals surface area contributed by atoms with Crippen molar-refractivity contribution in [2.75, 3.05) is 0 Å². The first kappa shape index (κ1) is 16.5. The molecule has 0 saturated heterocycles. The zero-order chi connectivity index (χ0) is 17.8. The Hall–Kier alpha value is -3.35. The number of fused-ring (bicyclic) bond motifs is 1. The van der Waals surface area contributed by atoms with Crippen LogP contribution in [0.3, 0.4) is 0 Å². The molecule has 25 heavy (non-hydrogen) atoms. The highest BCUT2D eigenvalue weighted by Crippen LogP contribution is 2.12. The van der Waals surface area contributed by atoms with Crippen molar-refractivity contribution in [3.05, 3.63) is 80.4 Å². The molecular weight excluding hydrogens is 320 g/mol. The summed E-state index contributed by atoms with van der Waals surface area (Å²) >= 11 is 0. The van der Waals surface area contributed by atoms with Gasteiger partial charge in [-0.1, -0.05) is 19.1 Å². The quantitative estimate of drug-likeness (QED) is 0.406. The van der Waals surface area contributed by atoms with Crippen LogP contribution in [0.5, 0.6) is 0 Å². The lowest BCUT2D eigenvalue weighted by Crippen LogP contribution is -2.22. The van der Waals surface area contributed by atoms with E-state index in [9.17, 15) is 14.9 Å². The molecule has 0 fully saturated rings. The molecule has 7 heteroatoms. The number of nitro groups is 1. The largest absolute Gasteiger partial charge is 0.282 e. The van der Waals surface area contributed by atoms with Crippen molar-refractivity contribution in [2.24, 2.45) is 5.10 Å². The van der Waals surface area contributed by atoms with E-state index in [2.05, 4.69) is 10.1 Å². The van der Waals surface area contributed by atoms with Crippen molar-refractivity contribution in [3.63, 3.8) is 0 Å². The predicted molar refractivity (Wildman–Crippen MR) is 96.1 cm³/mol. The second-order valence-corrected chi connectivity index (χ2v) is 5.51. The first-order valence-electron chi connectivity index (χ1n) is 7.89. The molecule has 0 saturated carbocycles. The van der Waals surface area contributed by atoms with Gasteiger partial charge in [-0.15, -0.1) is 0 Å². The summed E-state index contributed by atoms with van der Waals surface area (Å²) < 4.78 is 1.30. The Balaban J connectivity index is 2.04. The van der Waals surface area contributed by atoms with Crippen LogP contribution in [0.2, 0.25) is 0 Å². The van der Waals surface area contributed by atoms with E-state index in [0.717, 1.165) is 6.42 Å². The van der Waals surface area contributed by atoms with Crippen LogP contribution in [-0.2, 0) is 6.42 Å². The van der Waals surface area contributed by atoms with E-state index in [4.69, 9.17) is 0 Å². The number of benzene rings is 2. The average molecular weight is 336 g/mol. The summed E-state index contributed by atoms with van der Waals surface area (Å²) in [5, 5.41) is 15.5. The number of nitro benzene ring substituents is 1. The summed E-state index contributed by atoms with van der Waals surface area (Å²) in [7, 11) is 0. The van der Waals surface area contributed by atoms with Crippen molar-refractivity contribution in [1.82, 2.24) is 9.66 Å². The molecule has 0 aliphatic rings. The maximum atomic E-state index is 12.7. The van der Waals surface area contributed by atoms with Gasteiger partial charge in [0, 0.05) is 18.6 Å². The maximum absolute atomic E-state index is 12.7. The molecular formula is C18H16N4O3. The van der Waals surface area contributed by atoms with Gasteiger partial charge in [0.15, 0.2) is 0 Å². The van der Waals surface area contributed by atoms with E-state index in [1.165, 1.54) is 23.0 Å². The maximum Gasteiger partial charge on any atom is 0.282 e. The van der Waals surface area contributed by atoms with Crippen LogP contribution >= 0.6 is 0 Å². The summed E-state index contributed by atoms with van der Waals surface area (Å²) in [6.07, 6.45) is 2.95. The first-order chi connectivity index (χ1) is 12.1. The molecule has 3 aromatic rings. The standard InChI is InChI=1S/C18H16N4O3/c1-2-5-17-20-16-7-4-3-6-15(16)18(23)21(17)19-12-13-8-10-14(11-9-13)22(24)25/h3-4,6-12H,2,5H2,1H3/b19-12+. The minimum absolute atomic E-state index is 0.00774. The summed E-state index contributed by atoms with van der Waals surface area (Å²) in [5.74, 6) is 0.587. The fourth-order valence-corrected chi connectivity index (χ4v) is 2.48. The van der Waals surface area contributed by atoms with Crippen molar-refractivity contribution < 1.29 is 4.92 Å². The number of non-ortho nitro benzene ring substituents is 1. The van der Waals surface area contributed by atoms with Crippen LogP contribution in [0.4, 0.5) is 5.69 Å². The molecule has 3 rings (SSSR count). The minimum atomic E-state index is -0.460. The van der Waals surface area contributed by atoms with Gasteiger partial charge in [-0.05, 0) is 36.2 Å². The minimum Gasteiger partial charge on any atom is -0.267 e. The lowest BCUT2D eigenvalue weighted by atomic mass is 10.2. The lowest BCUT2D eigenvalue weighted by molar-refractivity contribution is -0.384. The molecule has 2 aromatic carbocycles. The Morgan fingerprint density at radius 3 is 2.60 bits per heavy atom. The van der Waals surface area contributed by atoms with Crippen LogP contribution in [0.1, 0.15) is 24.7 Å². The van der Waals surface area contributed by atoms with Crippen molar-refractivity contribution in [3.8, 4) is 0 Å². The summed E-state index contributed by atoms with van der Waals surface area (Å²) in [6, 6.07) is 13.1. The van der Waals surface area contributed by atoms with Crippen LogP contribution in [-0.4, -0.2) is 20.8 Å². The third kappa shape index (κ3) is 3.45. The van der Waals surface area contributed by atoms with E-state index >= 15 is 0 Å². The van der Waals surface area contributed by atoms with Gasteiger partial charge in [0.25, 0.3) is 11.2 Å². The average Bonchev–Trinajstić information content (AvgIpc) is 2.62. The van der Waals surface area contributed by atoms with Crippen molar-refractivity contribution >= 4 is 22.8 Å². The fraction of sp³-hybridized carbons (Fsp3) is 0.167. The smallest absolute Gasteiger partial charge is 0.267 e. The molecule has 0 unspecified atom stereocenters.